The summed E-state index contributed by atoms with van der Waals surface area (Å²) in [4.78, 5) is 6.31. The third-order valence-electron chi connectivity index (χ3n) is 3.50. The van der Waals surface area contributed by atoms with E-state index in [0.29, 0.717) is 13.1 Å². The molecule has 0 saturated heterocycles. The second-order valence-electron chi connectivity index (χ2n) is 4.90. The first-order valence-corrected chi connectivity index (χ1v) is 6.80. The number of halogens is 1. The molecular formula is C15H21FN4. The molecule has 0 amide bonds. The molecule has 2 N–H and O–H groups in total. The molecule has 1 aromatic heterocycles. The summed E-state index contributed by atoms with van der Waals surface area (Å²) in [6.45, 7) is 4.08. The van der Waals surface area contributed by atoms with Gasteiger partial charge in [0.05, 0.1) is 18.1 Å². The number of aromatic nitrogens is 2. The molecule has 0 aliphatic rings. The maximum absolute atomic E-state index is 13.2. The van der Waals surface area contributed by atoms with Gasteiger partial charge in [-0.3, -0.25) is 4.90 Å². The lowest BCUT2D eigenvalue weighted by molar-refractivity contribution is 0.232. The molecule has 0 bridgehead atoms. The number of nitrogens with two attached hydrogens (primary N) is 1. The Labute approximate surface area is 119 Å². The van der Waals surface area contributed by atoms with Gasteiger partial charge in [-0.05, 0) is 31.7 Å². The van der Waals surface area contributed by atoms with Crippen LogP contribution in [-0.2, 0) is 13.1 Å². The molecule has 2 aromatic rings. The normalized spacial score (nSPS) is 12.8. The summed E-state index contributed by atoms with van der Waals surface area (Å²) in [5, 5.41) is 0. The third kappa shape index (κ3) is 3.23. The number of nitrogens with zero attached hydrogens (tertiary/aromatic N) is 3. The van der Waals surface area contributed by atoms with Gasteiger partial charge in [0.1, 0.15) is 5.82 Å². The lowest BCUT2D eigenvalue weighted by Crippen LogP contribution is -2.31. The van der Waals surface area contributed by atoms with Gasteiger partial charge in [-0.1, -0.05) is 12.1 Å². The highest BCUT2D eigenvalue weighted by Crippen LogP contribution is 2.20. The van der Waals surface area contributed by atoms with Crippen LogP contribution in [0.1, 0.15) is 24.2 Å². The second-order valence-corrected chi connectivity index (χ2v) is 4.90. The van der Waals surface area contributed by atoms with E-state index in [1.807, 2.05) is 25.6 Å². The largest absolute Gasteiger partial charge is 0.333 e. The molecule has 4 nitrogen and oxygen atoms in total. The Hall–Kier alpha value is -1.72. The van der Waals surface area contributed by atoms with Gasteiger partial charge in [0, 0.05) is 25.8 Å². The fourth-order valence-corrected chi connectivity index (χ4v) is 2.43. The van der Waals surface area contributed by atoms with E-state index in [-0.39, 0.29) is 11.9 Å². The molecule has 1 atom stereocenters. The van der Waals surface area contributed by atoms with Crippen molar-refractivity contribution in [1.29, 1.82) is 0 Å². The predicted molar refractivity (Wildman–Crippen MR) is 77.6 cm³/mol. The van der Waals surface area contributed by atoms with E-state index in [9.17, 15) is 4.39 Å². The molecule has 20 heavy (non-hydrogen) atoms. The van der Waals surface area contributed by atoms with Crippen LogP contribution in [0.15, 0.2) is 36.8 Å². The van der Waals surface area contributed by atoms with Crippen molar-refractivity contribution in [3.8, 4) is 0 Å². The van der Waals surface area contributed by atoms with Crippen LogP contribution in [0.3, 0.4) is 0 Å². The van der Waals surface area contributed by atoms with Gasteiger partial charge in [0.2, 0.25) is 0 Å². The summed E-state index contributed by atoms with van der Waals surface area (Å²) in [6.07, 6.45) is 3.66. The van der Waals surface area contributed by atoms with Crippen LogP contribution < -0.4 is 5.73 Å². The monoisotopic (exact) mass is 276 g/mol. The molecule has 1 aromatic carbocycles. The maximum Gasteiger partial charge on any atom is 0.123 e. The van der Waals surface area contributed by atoms with Crippen LogP contribution in [0, 0.1) is 5.82 Å². The minimum absolute atomic E-state index is 0.0701. The summed E-state index contributed by atoms with van der Waals surface area (Å²) in [5.74, 6) is -0.209. The Balaban J connectivity index is 2.15. The van der Waals surface area contributed by atoms with Crippen LogP contribution in [0.4, 0.5) is 4.39 Å². The molecular weight excluding hydrogens is 255 g/mol. The van der Waals surface area contributed by atoms with E-state index in [0.717, 1.165) is 17.8 Å². The van der Waals surface area contributed by atoms with Crippen LogP contribution >= 0.6 is 0 Å². The van der Waals surface area contributed by atoms with Gasteiger partial charge in [-0.15, -0.1) is 0 Å². The minimum Gasteiger partial charge on any atom is -0.333 e. The number of rotatable bonds is 6. The molecule has 2 rings (SSSR count). The highest BCUT2D eigenvalue weighted by molar-refractivity contribution is 5.17. The molecule has 1 unspecified atom stereocenters. The van der Waals surface area contributed by atoms with Crippen molar-refractivity contribution in [2.75, 3.05) is 13.6 Å². The Morgan fingerprint density at radius 3 is 2.90 bits per heavy atom. The van der Waals surface area contributed by atoms with E-state index in [1.54, 1.807) is 12.1 Å². The smallest absolute Gasteiger partial charge is 0.123 e. The highest BCUT2D eigenvalue weighted by Gasteiger charge is 2.19. The third-order valence-corrected chi connectivity index (χ3v) is 3.50. The van der Waals surface area contributed by atoms with Crippen molar-refractivity contribution in [1.82, 2.24) is 14.5 Å². The number of aryl methyl sites for hydroxylation is 1. The first-order valence-electron chi connectivity index (χ1n) is 6.80. The standard InChI is InChI=1S/C15H21FN4/c1-3-20-11-18-9-15(20)14(8-17)19(2)10-12-5-4-6-13(16)7-12/h4-7,9,11,14H,3,8,10,17H2,1-2H3. The van der Waals surface area contributed by atoms with Crippen LogP contribution in [0.2, 0.25) is 0 Å². The van der Waals surface area contributed by atoms with Crippen molar-refractivity contribution in [3.63, 3.8) is 0 Å². The van der Waals surface area contributed by atoms with E-state index in [2.05, 4.69) is 21.4 Å². The Morgan fingerprint density at radius 1 is 1.45 bits per heavy atom. The zero-order valence-corrected chi connectivity index (χ0v) is 12.0. The Bertz CT molecular complexity index is 552. The van der Waals surface area contributed by atoms with E-state index in [4.69, 9.17) is 5.73 Å². The second kappa shape index (κ2) is 6.63. The Kier molecular flexibility index (Phi) is 4.87. The minimum atomic E-state index is -0.209. The number of hydrogen-bond donors (Lipinski definition) is 1. The number of likely N-dealkylation sites (N-methyl/N-ethyl adjacent to an activating group) is 1. The molecule has 0 saturated carbocycles. The lowest BCUT2D eigenvalue weighted by Gasteiger charge is -2.27. The van der Waals surface area contributed by atoms with Gasteiger partial charge in [-0.2, -0.15) is 0 Å². The summed E-state index contributed by atoms with van der Waals surface area (Å²) in [6, 6.07) is 6.73. The first-order chi connectivity index (χ1) is 9.65. The average Bonchev–Trinajstić information content (AvgIpc) is 2.88. The maximum atomic E-state index is 13.2. The van der Waals surface area contributed by atoms with Crippen molar-refractivity contribution >= 4 is 0 Å². The fraction of sp³-hybridized carbons (Fsp3) is 0.400. The summed E-state index contributed by atoms with van der Waals surface area (Å²) in [5.41, 5.74) is 7.95. The summed E-state index contributed by atoms with van der Waals surface area (Å²) >= 11 is 0. The number of hydrogen-bond acceptors (Lipinski definition) is 3. The average molecular weight is 276 g/mol. The van der Waals surface area contributed by atoms with Crippen LogP contribution in [0.5, 0.6) is 0 Å². The molecule has 0 aliphatic carbocycles. The predicted octanol–water partition coefficient (Wildman–Crippen LogP) is 2.17. The van der Waals surface area contributed by atoms with E-state index >= 15 is 0 Å². The van der Waals surface area contributed by atoms with Gasteiger partial charge < -0.3 is 10.3 Å². The summed E-state index contributed by atoms with van der Waals surface area (Å²) < 4.78 is 15.3. The van der Waals surface area contributed by atoms with Crippen LogP contribution in [0.25, 0.3) is 0 Å². The molecule has 0 fully saturated rings. The number of imidazole rings is 1. The van der Waals surface area contributed by atoms with Gasteiger partial charge in [0.15, 0.2) is 0 Å². The molecule has 5 heteroatoms. The quantitative estimate of drug-likeness (QED) is 0.879. The molecule has 0 radical (unpaired) electrons. The van der Waals surface area contributed by atoms with Crippen molar-refractivity contribution in [3.05, 3.63) is 53.9 Å². The zero-order valence-electron chi connectivity index (χ0n) is 12.0. The van der Waals surface area contributed by atoms with Gasteiger partial charge in [-0.25, -0.2) is 9.37 Å². The summed E-state index contributed by atoms with van der Waals surface area (Å²) in [7, 11) is 2.00. The highest BCUT2D eigenvalue weighted by atomic mass is 19.1. The topological polar surface area (TPSA) is 47.1 Å². The van der Waals surface area contributed by atoms with E-state index < -0.39 is 0 Å². The first kappa shape index (κ1) is 14.7. The zero-order chi connectivity index (χ0) is 14.5. The Morgan fingerprint density at radius 2 is 2.25 bits per heavy atom. The van der Waals surface area contributed by atoms with Crippen molar-refractivity contribution in [2.24, 2.45) is 5.73 Å². The SMILES string of the molecule is CCn1cncc1C(CN)N(C)Cc1cccc(F)c1. The van der Waals surface area contributed by atoms with Crippen molar-refractivity contribution < 1.29 is 4.39 Å². The van der Waals surface area contributed by atoms with E-state index in [1.165, 1.54) is 6.07 Å². The van der Waals surface area contributed by atoms with Gasteiger partial charge in [0.25, 0.3) is 0 Å². The van der Waals surface area contributed by atoms with Crippen molar-refractivity contribution in [2.45, 2.75) is 26.1 Å². The number of benzene rings is 1. The lowest BCUT2D eigenvalue weighted by atomic mass is 10.1. The molecule has 0 spiro atoms. The van der Waals surface area contributed by atoms with Crippen LogP contribution in [-0.4, -0.2) is 28.0 Å². The fourth-order valence-electron chi connectivity index (χ4n) is 2.43. The molecule has 0 aliphatic heterocycles. The molecule has 1 heterocycles. The van der Waals surface area contributed by atoms with Gasteiger partial charge >= 0.3 is 0 Å². The molecule has 108 valence electrons.